The van der Waals surface area contributed by atoms with Crippen molar-refractivity contribution in [1.29, 1.82) is 0 Å². The molecule has 0 saturated carbocycles. The van der Waals surface area contributed by atoms with Crippen LogP contribution in [0.1, 0.15) is 22.8 Å². The van der Waals surface area contributed by atoms with Crippen molar-refractivity contribution < 1.29 is 27.6 Å². The Labute approximate surface area is 218 Å². The van der Waals surface area contributed by atoms with E-state index >= 15 is 0 Å². The molecular weight excluding hydrogens is 518 g/mol. The Balaban J connectivity index is 1.86. The first-order chi connectivity index (χ1) is 17.6. The first-order valence-corrected chi connectivity index (χ1v) is 12.9. The highest BCUT2D eigenvalue weighted by molar-refractivity contribution is 7.86. The predicted octanol–water partition coefficient (Wildman–Crippen LogP) is 6.68. The van der Waals surface area contributed by atoms with E-state index < -0.39 is 26.7 Å². The quantitative estimate of drug-likeness (QED) is 0.177. The van der Waals surface area contributed by atoms with E-state index in [1.54, 1.807) is 48.5 Å². The van der Waals surface area contributed by atoms with Crippen molar-refractivity contribution in [1.82, 2.24) is 0 Å². The molecule has 37 heavy (non-hydrogen) atoms. The van der Waals surface area contributed by atoms with Crippen molar-refractivity contribution in [2.75, 3.05) is 12.4 Å². The van der Waals surface area contributed by atoms with Gasteiger partial charge in [0.1, 0.15) is 22.0 Å². The van der Waals surface area contributed by atoms with Crippen LogP contribution < -0.4 is 10.1 Å². The zero-order valence-corrected chi connectivity index (χ0v) is 21.3. The first-order valence-electron chi connectivity index (χ1n) is 11.0. The van der Waals surface area contributed by atoms with E-state index in [-0.39, 0.29) is 22.0 Å². The third-order valence-electron chi connectivity index (χ3n) is 5.60. The van der Waals surface area contributed by atoms with Gasteiger partial charge in [0.05, 0.1) is 23.4 Å². The molecule has 4 rings (SSSR count). The lowest BCUT2D eigenvalue weighted by molar-refractivity contribution is 0.102. The number of aryl methyl sites for hydroxylation is 1. The van der Waals surface area contributed by atoms with Crippen molar-refractivity contribution >= 4 is 55.5 Å². The fourth-order valence-electron chi connectivity index (χ4n) is 3.80. The van der Waals surface area contributed by atoms with Crippen LogP contribution in [-0.4, -0.2) is 31.1 Å². The van der Waals surface area contributed by atoms with Crippen LogP contribution >= 0.6 is 11.6 Å². The van der Waals surface area contributed by atoms with Crippen LogP contribution in [0.3, 0.4) is 0 Å². The minimum absolute atomic E-state index is 0.0670. The van der Waals surface area contributed by atoms with Crippen LogP contribution in [0.5, 0.6) is 11.5 Å². The van der Waals surface area contributed by atoms with E-state index in [0.29, 0.717) is 34.2 Å². The lowest BCUT2D eigenvalue weighted by Gasteiger charge is -2.13. The van der Waals surface area contributed by atoms with Crippen LogP contribution in [0.2, 0.25) is 5.02 Å². The van der Waals surface area contributed by atoms with Crippen molar-refractivity contribution in [3.8, 4) is 11.5 Å². The van der Waals surface area contributed by atoms with Crippen LogP contribution in [-0.2, 0) is 16.5 Å². The Hall–Kier alpha value is -3.99. The molecule has 0 aliphatic rings. The van der Waals surface area contributed by atoms with Gasteiger partial charge < -0.3 is 15.2 Å². The van der Waals surface area contributed by atoms with Crippen LogP contribution in [0.25, 0.3) is 10.8 Å². The minimum atomic E-state index is -4.73. The SMILES string of the molecule is CCc1cc(Cl)c(S(=O)(=O)O)c(N=Nc2c(O)c(C(=O)Nc3ccccc3OC)cc3ccccc23)c1. The molecule has 0 unspecified atom stereocenters. The number of hydrogen-bond donors (Lipinski definition) is 3. The molecule has 4 aromatic carbocycles. The number of para-hydroxylation sites is 2. The van der Waals surface area contributed by atoms with Gasteiger partial charge in [0.25, 0.3) is 16.0 Å². The number of ether oxygens (including phenoxy) is 1. The molecule has 3 N–H and O–H groups in total. The molecule has 0 fully saturated rings. The van der Waals surface area contributed by atoms with E-state index in [2.05, 4.69) is 15.5 Å². The maximum Gasteiger partial charge on any atom is 0.298 e. The molecule has 0 aliphatic carbocycles. The summed E-state index contributed by atoms with van der Waals surface area (Å²) in [6.45, 7) is 1.84. The summed E-state index contributed by atoms with van der Waals surface area (Å²) in [5.41, 5.74) is 0.690. The number of phenols is 1. The van der Waals surface area contributed by atoms with E-state index in [1.807, 2.05) is 6.92 Å². The second-order valence-corrected chi connectivity index (χ2v) is 9.72. The van der Waals surface area contributed by atoms with Crippen molar-refractivity contribution in [2.24, 2.45) is 10.2 Å². The summed E-state index contributed by atoms with van der Waals surface area (Å²) >= 11 is 6.12. The smallest absolute Gasteiger partial charge is 0.298 e. The molecular formula is C26H22ClN3O6S. The first kappa shape index (κ1) is 26.1. The van der Waals surface area contributed by atoms with Crippen LogP contribution in [0.4, 0.5) is 17.1 Å². The normalized spacial score (nSPS) is 11.7. The number of amides is 1. The second kappa shape index (κ2) is 10.6. The van der Waals surface area contributed by atoms with Gasteiger partial charge in [-0.3, -0.25) is 9.35 Å². The van der Waals surface area contributed by atoms with E-state index in [0.717, 1.165) is 0 Å². The van der Waals surface area contributed by atoms with E-state index in [4.69, 9.17) is 16.3 Å². The fourth-order valence-corrected chi connectivity index (χ4v) is 5.00. The van der Waals surface area contributed by atoms with Gasteiger partial charge in [-0.2, -0.15) is 8.42 Å². The van der Waals surface area contributed by atoms with Gasteiger partial charge in [-0.05, 0) is 47.7 Å². The summed E-state index contributed by atoms with van der Waals surface area (Å²) in [4.78, 5) is 12.6. The summed E-state index contributed by atoms with van der Waals surface area (Å²) in [7, 11) is -3.26. The maximum atomic E-state index is 13.2. The molecule has 9 nitrogen and oxygen atoms in total. The summed E-state index contributed by atoms with van der Waals surface area (Å²) in [5, 5.41) is 22.8. The fraction of sp³-hybridized carbons (Fsp3) is 0.115. The highest BCUT2D eigenvalue weighted by Crippen LogP contribution is 2.41. The molecule has 0 heterocycles. The van der Waals surface area contributed by atoms with Gasteiger partial charge in [0.15, 0.2) is 5.75 Å². The predicted molar refractivity (Wildman–Crippen MR) is 141 cm³/mol. The highest BCUT2D eigenvalue weighted by Gasteiger charge is 2.23. The minimum Gasteiger partial charge on any atom is -0.505 e. The molecule has 0 atom stereocenters. The molecule has 0 radical (unpaired) electrons. The van der Waals surface area contributed by atoms with Crippen molar-refractivity contribution in [3.05, 3.63) is 82.9 Å². The Morgan fingerprint density at radius 3 is 2.46 bits per heavy atom. The number of hydrogen-bond acceptors (Lipinski definition) is 7. The molecule has 190 valence electrons. The number of benzene rings is 4. The van der Waals surface area contributed by atoms with Gasteiger partial charge in [-0.15, -0.1) is 10.2 Å². The van der Waals surface area contributed by atoms with Crippen molar-refractivity contribution in [2.45, 2.75) is 18.2 Å². The number of fused-ring (bicyclic) bond motifs is 1. The third kappa shape index (κ3) is 5.41. The van der Waals surface area contributed by atoms with E-state index in [9.17, 15) is 22.9 Å². The van der Waals surface area contributed by atoms with Crippen LogP contribution in [0.15, 0.2) is 81.9 Å². The number of rotatable bonds is 7. The van der Waals surface area contributed by atoms with Gasteiger partial charge in [-0.1, -0.05) is 54.9 Å². The number of nitrogens with one attached hydrogen (secondary N) is 1. The Morgan fingerprint density at radius 2 is 1.76 bits per heavy atom. The molecule has 0 spiro atoms. The van der Waals surface area contributed by atoms with E-state index in [1.165, 1.54) is 25.3 Å². The number of azo groups is 1. The highest BCUT2D eigenvalue weighted by atomic mass is 35.5. The summed E-state index contributed by atoms with van der Waals surface area (Å²) < 4.78 is 39.0. The number of nitrogens with zero attached hydrogens (tertiary/aromatic N) is 2. The Bertz CT molecular complexity index is 1650. The topological polar surface area (TPSA) is 138 Å². The number of carbonyl (C=O) groups is 1. The molecule has 11 heteroatoms. The molecule has 1 amide bonds. The average molecular weight is 540 g/mol. The van der Waals surface area contributed by atoms with Gasteiger partial charge in [-0.25, -0.2) is 0 Å². The number of aromatic hydroxyl groups is 1. The third-order valence-corrected chi connectivity index (χ3v) is 6.96. The zero-order chi connectivity index (χ0) is 26.7. The zero-order valence-electron chi connectivity index (χ0n) is 19.8. The van der Waals surface area contributed by atoms with Gasteiger partial charge in [0.2, 0.25) is 0 Å². The Kier molecular flexibility index (Phi) is 7.44. The second-order valence-electron chi connectivity index (χ2n) is 7.95. The standard InChI is InChI=1S/C26H22ClN3O6S/c1-3-15-12-19(27)25(37(33,34)35)21(13-15)29-30-23-17-9-5-4-8-16(17)14-18(24(23)31)26(32)28-20-10-6-7-11-22(20)36-2/h4-14,31H,3H2,1-2H3,(H,28,32)(H,33,34,35). The largest absolute Gasteiger partial charge is 0.505 e. The van der Waals surface area contributed by atoms with Crippen molar-refractivity contribution in [3.63, 3.8) is 0 Å². The Morgan fingerprint density at radius 1 is 1.05 bits per heavy atom. The van der Waals surface area contributed by atoms with Gasteiger partial charge >= 0.3 is 0 Å². The number of carbonyl (C=O) groups excluding carboxylic acids is 1. The summed E-state index contributed by atoms with van der Waals surface area (Å²) in [6, 6.07) is 18.0. The number of methoxy groups -OCH3 is 1. The monoisotopic (exact) mass is 539 g/mol. The molecule has 4 aromatic rings. The lowest BCUT2D eigenvalue weighted by Crippen LogP contribution is -2.13. The number of phenolic OH excluding ortho intramolecular Hbond substituents is 1. The average Bonchev–Trinajstić information content (AvgIpc) is 2.86. The lowest BCUT2D eigenvalue weighted by atomic mass is 10.0. The maximum absolute atomic E-state index is 13.2. The molecule has 0 bridgehead atoms. The summed E-state index contributed by atoms with van der Waals surface area (Å²) in [5.74, 6) is -0.665. The molecule has 0 aliphatic heterocycles. The number of anilines is 1. The molecule has 0 aromatic heterocycles. The molecule has 0 saturated heterocycles. The summed E-state index contributed by atoms with van der Waals surface area (Å²) in [6.07, 6.45) is 0.515. The van der Waals surface area contributed by atoms with Gasteiger partial charge in [0, 0.05) is 5.39 Å². The number of halogens is 1. The van der Waals surface area contributed by atoms with Crippen LogP contribution in [0, 0.1) is 0 Å².